The van der Waals surface area contributed by atoms with Gasteiger partial charge in [-0.25, -0.2) is 0 Å². The number of aromatic nitrogens is 2. The molecule has 0 atom stereocenters. The van der Waals surface area contributed by atoms with Crippen molar-refractivity contribution in [3.8, 4) is 22.8 Å². The van der Waals surface area contributed by atoms with Gasteiger partial charge in [-0.3, -0.25) is 9.89 Å². The number of hydrogen-bond acceptors (Lipinski definition) is 4. The van der Waals surface area contributed by atoms with Gasteiger partial charge in [-0.05, 0) is 36.6 Å². The van der Waals surface area contributed by atoms with Gasteiger partial charge >= 0.3 is 0 Å². The highest BCUT2D eigenvalue weighted by Gasteiger charge is 2.20. The van der Waals surface area contributed by atoms with Crippen LogP contribution in [-0.4, -0.2) is 29.8 Å². The van der Waals surface area contributed by atoms with Gasteiger partial charge in [0, 0.05) is 5.56 Å². The zero-order valence-electron chi connectivity index (χ0n) is 16.4. The molecule has 1 aromatic heterocycles. The summed E-state index contributed by atoms with van der Waals surface area (Å²) in [4.78, 5) is 12.6. The van der Waals surface area contributed by atoms with E-state index >= 15 is 0 Å². The monoisotopic (exact) mass is 379 g/mol. The minimum absolute atomic E-state index is 0.0817. The van der Waals surface area contributed by atoms with Crippen LogP contribution in [0.3, 0.4) is 0 Å². The summed E-state index contributed by atoms with van der Waals surface area (Å²) in [7, 11) is 1.62. The number of carbonyl (C=O) groups excluding carboxylic acids is 1. The van der Waals surface area contributed by atoms with Crippen LogP contribution in [0.25, 0.3) is 11.3 Å². The molecule has 0 radical (unpaired) electrons. The van der Waals surface area contributed by atoms with Gasteiger partial charge in [0.05, 0.1) is 18.5 Å². The van der Waals surface area contributed by atoms with E-state index in [1.54, 1.807) is 7.11 Å². The van der Waals surface area contributed by atoms with E-state index in [0.29, 0.717) is 28.8 Å². The molecule has 0 saturated carbocycles. The molecule has 3 aromatic rings. The number of ether oxygens (including phenoxy) is 2. The minimum Gasteiger partial charge on any atom is -0.496 e. The van der Waals surface area contributed by atoms with E-state index in [9.17, 15) is 4.79 Å². The first-order valence-electron chi connectivity index (χ1n) is 9.26. The molecule has 1 amide bonds. The van der Waals surface area contributed by atoms with Gasteiger partial charge in [0.2, 0.25) is 0 Å². The molecule has 6 nitrogen and oxygen atoms in total. The second-order valence-corrected chi connectivity index (χ2v) is 6.87. The fourth-order valence-electron chi connectivity index (χ4n) is 2.94. The number of amides is 1. The number of aromatic amines is 1. The highest BCUT2D eigenvalue weighted by molar-refractivity contribution is 5.97. The van der Waals surface area contributed by atoms with E-state index in [1.807, 2.05) is 54.6 Å². The lowest BCUT2D eigenvalue weighted by Crippen LogP contribution is -2.21. The van der Waals surface area contributed by atoms with Gasteiger partial charge in [-0.15, -0.1) is 0 Å². The first-order valence-corrected chi connectivity index (χ1v) is 9.26. The van der Waals surface area contributed by atoms with Crippen molar-refractivity contribution in [2.45, 2.75) is 20.3 Å². The maximum atomic E-state index is 12.6. The number of H-pyrrole nitrogens is 1. The molecule has 3 rings (SSSR count). The van der Waals surface area contributed by atoms with Crippen LogP contribution in [0.4, 0.5) is 5.69 Å². The second kappa shape index (κ2) is 9.08. The number of hydrogen-bond donors (Lipinski definition) is 2. The second-order valence-electron chi connectivity index (χ2n) is 6.87. The van der Waals surface area contributed by atoms with Crippen LogP contribution < -0.4 is 14.8 Å². The van der Waals surface area contributed by atoms with Gasteiger partial charge in [0.15, 0.2) is 6.61 Å². The Labute approximate surface area is 164 Å². The van der Waals surface area contributed by atoms with Crippen LogP contribution in [0.5, 0.6) is 11.5 Å². The van der Waals surface area contributed by atoms with Crippen LogP contribution in [0.1, 0.15) is 19.5 Å². The number of para-hydroxylation sites is 2. The number of methoxy groups -OCH3 is 1. The SMILES string of the molecule is COc1ccccc1-c1n[nH]c(CC(C)C)c1NC(=O)COc1ccccc1. The topological polar surface area (TPSA) is 76.2 Å². The number of benzene rings is 2. The molecule has 2 N–H and O–H groups in total. The Balaban J connectivity index is 1.85. The third kappa shape index (κ3) is 4.71. The normalized spacial score (nSPS) is 10.7. The van der Waals surface area contributed by atoms with Crippen LogP contribution in [0.15, 0.2) is 54.6 Å². The molecule has 0 aliphatic carbocycles. The minimum atomic E-state index is -0.244. The van der Waals surface area contributed by atoms with Crippen molar-refractivity contribution in [3.05, 3.63) is 60.3 Å². The van der Waals surface area contributed by atoms with Crippen molar-refractivity contribution in [1.82, 2.24) is 10.2 Å². The highest BCUT2D eigenvalue weighted by Crippen LogP contribution is 2.35. The fraction of sp³-hybridized carbons (Fsp3) is 0.273. The smallest absolute Gasteiger partial charge is 0.262 e. The molecular formula is C22H25N3O3. The molecule has 2 aromatic carbocycles. The Kier molecular flexibility index (Phi) is 6.32. The Morgan fingerprint density at radius 1 is 1.11 bits per heavy atom. The predicted molar refractivity (Wildman–Crippen MR) is 110 cm³/mol. The van der Waals surface area contributed by atoms with Crippen LogP contribution in [0, 0.1) is 5.92 Å². The van der Waals surface area contributed by atoms with Gasteiger partial charge in [0.25, 0.3) is 5.91 Å². The summed E-state index contributed by atoms with van der Waals surface area (Å²) in [5, 5.41) is 10.5. The molecule has 6 heteroatoms. The van der Waals surface area contributed by atoms with E-state index in [0.717, 1.165) is 17.7 Å². The first-order chi connectivity index (χ1) is 13.6. The van der Waals surface area contributed by atoms with Crippen molar-refractivity contribution in [1.29, 1.82) is 0 Å². The molecule has 0 fully saturated rings. The molecule has 0 aliphatic heterocycles. The Hall–Kier alpha value is -3.28. The lowest BCUT2D eigenvalue weighted by molar-refractivity contribution is -0.118. The summed E-state index contributed by atoms with van der Waals surface area (Å²) in [5.74, 6) is 1.51. The molecule has 0 bridgehead atoms. The number of carbonyl (C=O) groups is 1. The van der Waals surface area contributed by atoms with Gasteiger partial charge < -0.3 is 14.8 Å². The third-order valence-corrected chi connectivity index (χ3v) is 4.19. The predicted octanol–water partition coefficient (Wildman–Crippen LogP) is 4.30. The van der Waals surface area contributed by atoms with Crippen molar-refractivity contribution >= 4 is 11.6 Å². The van der Waals surface area contributed by atoms with Gasteiger partial charge in [-0.1, -0.05) is 44.2 Å². The summed E-state index contributed by atoms with van der Waals surface area (Å²) in [6, 6.07) is 16.9. The average molecular weight is 379 g/mol. The van der Waals surface area contributed by atoms with Crippen molar-refractivity contribution < 1.29 is 14.3 Å². The summed E-state index contributed by atoms with van der Waals surface area (Å²) < 4.78 is 11.0. The Bertz CT molecular complexity index is 920. The van der Waals surface area contributed by atoms with Gasteiger partial charge in [0.1, 0.15) is 17.2 Å². The largest absolute Gasteiger partial charge is 0.496 e. The van der Waals surface area contributed by atoms with Crippen molar-refractivity contribution in [3.63, 3.8) is 0 Å². The highest BCUT2D eigenvalue weighted by atomic mass is 16.5. The summed E-state index contributed by atoms with van der Waals surface area (Å²) in [5.41, 5.74) is 3.01. The maximum Gasteiger partial charge on any atom is 0.262 e. The Morgan fingerprint density at radius 2 is 1.82 bits per heavy atom. The summed E-state index contributed by atoms with van der Waals surface area (Å²) in [6.45, 7) is 4.16. The maximum absolute atomic E-state index is 12.6. The quantitative estimate of drug-likeness (QED) is 0.612. The van der Waals surface area contributed by atoms with Crippen LogP contribution in [0.2, 0.25) is 0 Å². The average Bonchev–Trinajstić information content (AvgIpc) is 3.08. The number of anilines is 1. The fourth-order valence-corrected chi connectivity index (χ4v) is 2.94. The van der Waals surface area contributed by atoms with Gasteiger partial charge in [-0.2, -0.15) is 5.10 Å². The van der Waals surface area contributed by atoms with E-state index < -0.39 is 0 Å². The molecule has 0 spiro atoms. The van der Waals surface area contributed by atoms with E-state index in [-0.39, 0.29) is 12.5 Å². The molecule has 0 unspecified atom stereocenters. The molecule has 146 valence electrons. The lowest BCUT2D eigenvalue weighted by Gasteiger charge is -2.12. The van der Waals surface area contributed by atoms with Crippen molar-refractivity contribution in [2.24, 2.45) is 5.92 Å². The lowest BCUT2D eigenvalue weighted by atomic mass is 10.0. The zero-order valence-corrected chi connectivity index (χ0v) is 16.4. The molecule has 0 saturated heterocycles. The van der Waals surface area contributed by atoms with E-state index in [4.69, 9.17) is 9.47 Å². The third-order valence-electron chi connectivity index (χ3n) is 4.19. The first kappa shape index (κ1) is 19.5. The van der Waals surface area contributed by atoms with E-state index in [1.165, 1.54) is 0 Å². The summed E-state index contributed by atoms with van der Waals surface area (Å²) >= 11 is 0. The molecule has 0 aliphatic rings. The molecule has 28 heavy (non-hydrogen) atoms. The number of nitrogens with one attached hydrogen (secondary N) is 2. The number of rotatable bonds is 8. The Morgan fingerprint density at radius 3 is 2.54 bits per heavy atom. The molecule has 1 heterocycles. The van der Waals surface area contributed by atoms with Crippen LogP contribution >= 0.6 is 0 Å². The number of nitrogens with zero attached hydrogens (tertiary/aromatic N) is 1. The summed E-state index contributed by atoms with van der Waals surface area (Å²) in [6.07, 6.45) is 0.761. The standard InChI is InChI=1S/C22H25N3O3/c1-15(2)13-18-22(23-20(26)14-28-16-9-5-4-6-10-16)21(25-24-18)17-11-7-8-12-19(17)27-3/h4-12,15H,13-14H2,1-3H3,(H,23,26)(H,24,25). The van der Waals surface area contributed by atoms with Crippen LogP contribution in [-0.2, 0) is 11.2 Å². The van der Waals surface area contributed by atoms with E-state index in [2.05, 4.69) is 29.4 Å². The molecular weight excluding hydrogens is 354 g/mol. The van der Waals surface area contributed by atoms with Crippen molar-refractivity contribution in [2.75, 3.05) is 19.0 Å². The zero-order chi connectivity index (χ0) is 19.9.